The Labute approximate surface area is 118 Å². The number of aromatic nitrogens is 1. The quantitative estimate of drug-likeness (QED) is 0.773. The minimum Gasteiger partial charge on any atom is -0.494 e. The largest absolute Gasteiger partial charge is 0.494 e. The molecule has 3 aromatic rings. The molecule has 3 N–H and O–H groups in total. The smallest absolute Gasteiger partial charge is 0.291 e. The molecule has 2 aromatic heterocycles. The Morgan fingerprint density at radius 3 is 3.05 bits per heavy atom. The number of nitrogens with two attached hydrogens (primary N) is 1. The molecule has 7 heteroatoms. The fraction of sp³-hybridized carbons (Fsp3) is 0.0769. The number of thiazole rings is 1. The van der Waals surface area contributed by atoms with E-state index in [0.717, 1.165) is 4.70 Å². The molecule has 0 aliphatic rings. The van der Waals surface area contributed by atoms with Crippen molar-refractivity contribution in [2.75, 3.05) is 18.2 Å². The number of methoxy groups -OCH3 is 1. The molecule has 0 atom stereocenters. The number of nitrogens with one attached hydrogen (secondary N) is 1. The minimum absolute atomic E-state index is 0.243. The summed E-state index contributed by atoms with van der Waals surface area (Å²) >= 11 is 1.33. The van der Waals surface area contributed by atoms with Crippen LogP contribution in [0.3, 0.4) is 0 Å². The van der Waals surface area contributed by atoms with Crippen LogP contribution in [0.5, 0.6) is 5.75 Å². The maximum Gasteiger partial charge on any atom is 0.291 e. The molecule has 0 aliphatic heterocycles. The molecule has 0 bridgehead atoms. The number of nitrogen functional groups attached to an aromatic ring is 1. The molecule has 1 aromatic carbocycles. The van der Waals surface area contributed by atoms with Crippen molar-refractivity contribution < 1.29 is 13.9 Å². The zero-order chi connectivity index (χ0) is 14.1. The number of nitrogens with zero attached hydrogens (tertiary/aromatic N) is 1. The Bertz CT molecular complexity index is 765. The van der Waals surface area contributed by atoms with Gasteiger partial charge in [-0.05, 0) is 18.2 Å². The van der Waals surface area contributed by atoms with Gasteiger partial charge in [0, 0.05) is 11.8 Å². The van der Waals surface area contributed by atoms with E-state index in [4.69, 9.17) is 14.9 Å². The zero-order valence-electron chi connectivity index (χ0n) is 10.5. The number of furan rings is 1. The van der Waals surface area contributed by atoms with Gasteiger partial charge in [-0.25, -0.2) is 4.98 Å². The third-order valence-electron chi connectivity index (χ3n) is 2.70. The Kier molecular flexibility index (Phi) is 3.03. The number of ether oxygens (including phenoxy) is 1. The average Bonchev–Trinajstić information content (AvgIpc) is 3.05. The Hall–Kier alpha value is -2.54. The van der Waals surface area contributed by atoms with E-state index in [1.165, 1.54) is 17.6 Å². The van der Waals surface area contributed by atoms with Crippen molar-refractivity contribution in [3.63, 3.8) is 0 Å². The Morgan fingerprint density at radius 1 is 1.50 bits per heavy atom. The molecule has 0 aliphatic carbocycles. The van der Waals surface area contributed by atoms with Crippen LogP contribution in [-0.2, 0) is 0 Å². The molecule has 1 amide bonds. The van der Waals surface area contributed by atoms with Crippen molar-refractivity contribution in [2.45, 2.75) is 0 Å². The van der Waals surface area contributed by atoms with E-state index in [1.54, 1.807) is 31.4 Å². The zero-order valence-corrected chi connectivity index (χ0v) is 11.4. The van der Waals surface area contributed by atoms with Crippen LogP contribution in [0.15, 0.2) is 34.9 Å². The second-order valence-corrected chi connectivity index (χ2v) is 5.07. The van der Waals surface area contributed by atoms with Gasteiger partial charge in [-0.1, -0.05) is 11.3 Å². The molecule has 0 radical (unpaired) electrons. The van der Waals surface area contributed by atoms with Gasteiger partial charge in [0.1, 0.15) is 11.3 Å². The van der Waals surface area contributed by atoms with E-state index >= 15 is 0 Å². The summed E-state index contributed by atoms with van der Waals surface area (Å²) in [6.45, 7) is 0. The van der Waals surface area contributed by atoms with E-state index < -0.39 is 0 Å². The number of rotatable bonds is 3. The first kappa shape index (κ1) is 12.5. The van der Waals surface area contributed by atoms with Crippen molar-refractivity contribution in [1.82, 2.24) is 4.98 Å². The SMILES string of the molecule is COc1cc(NC(=O)c2ccco2)cc2sc(N)nc12. The van der Waals surface area contributed by atoms with Crippen molar-refractivity contribution in [3.05, 3.63) is 36.3 Å². The van der Waals surface area contributed by atoms with Gasteiger partial charge in [0.15, 0.2) is 10.9 Å². The highest BCUT2D eigenvalue weighted by Crippen LogP contribution is 2.34. The molecular weight excluding hydrogens is 278 g/mol. The van der Waals surface area contributed by atoms with E-state index in [1.807, 2.05) is 0 Å². The van der Waals surface area contributed by atoms with Crippen LogP contribution in [0.2, 0.25) is 0 Å². The molecule has 0 fully saturated rings. The number of hydrogen-bond donors (Lipinski definition) is 2. The topological polar surface area (TPSA) is 90.4 Å². The van der Waals surface area contributed by atoms with Crippen LogP contribution < -0.4 is 15.8 Å². The van der Waals surface area contributed by atoms with Gasteiger partial charge >= 0.3 is 0 Å². The van der Waals surface area contributed by atoms with E-state index in [9.17, 15) is 4.79 Å². The first-order chi connectivity index (χ1) is 9.67. The number of benzene rings is 1. The summed E-state index contributed by atoms with van der Waals surface area (Å²) in [5, 5.41) is 3.20. The third kappa shape index (κ3) is 2.19. The molecule has 3 rings (SSSR count). The van der Waals surface area contributed by atoms with Gasteiger partial charge in [-0.15, -0.1) is 0 Å². The van der Waals surface area contributed by atoms with Crippen molar-refractivity contribution in [1.29, 1.82) is 0 Å². The number of carbonyl (C=O) groups excluding carboxylic acids is 1. The monoisotopic (exact) mass is 289 g/mol. The first-order valence-electron chi connectivity index (χ1n) is 5.76. The third-order valence-corrected chi connectivity index (χ3v) is 3.53. The number of carbonyl (C=O) groups is 1. The maximum atomic E-state index is 11.9. The molecule has 2 heterocycles. The summed E-state index contributed by atoms with van der Waals surface area (Å²) in [6, 6.07) is 6.74. The standard InChI is InChI=1S/C13H11N3O3S/c1-18-9-5-7(6-10-11(9)16-13(14)20-10)15-12(17)8-3-2-4-19-8/h2-6H,1H3,(H2,14,16)(H,15,17). The minimum atomic E-state index is -0.325. The summed E-state index contributed by atoms with van der Waals surface area (Å²) in [7, 11) is 1.54. The van der Waals surface area contributed by atoms with E-state index in [0.29, 0.717) is 22.1 Å². The fourth-order valence-electron chi connectivity index (χ4n) is 1.84. The lowest BCUT2D eigenvalue weighted by atomic mass is 10.2. The highest BCUT2D eigenvalue weighted by molar-refractivity contribution is 7.22. The molecule has 0 saturated heterocycles. The van der Waals surface area contributed by atoms with Crippen LogP contribution in [-0.4, -0.2) is 18.0 Å². The summed E-state index contributed by atoms with van der Waals surface area (Å²) in [4.78, 5) is 16.1. The lowest BCUT2D eigenvalue weighted by molar-refractivity contribution is 0.0996. The fourth-order valence-corrected chi connectivity index (χ4v) is 2.64. The van der Waals surface area contributed by atoms with Crippen LogP contribution in [0, 0.1) is 0 Å². The van der Waals surface area contributed by atoms with E-state index in [-0.39, 0.29) is 11.7 Å². The molecule has 20 heavy (non-hydrogen) atoms. The van der Waals surface area contributed by atoms with Gasteiger partial charge < -0.3 is 20.2 Å². The van der Waals surface area contributed by atoms with Crippen LogP contribution in [0.25, 0.3) is 10.2 Å². The molecule has 6 nitrogen and oxygen atoms in total. The summed E-state index contributed by atoms with van der Waals surface area (Å²) in [5.41, 5.74) is 6.97. The van der Waals surface area contributed by atoms with Gasteiger partial charge in [0.2, 0.25) is 0 Å². The Balaban J connectivity index is 1.97. The lowest BCUT2D eigenvalue weighted by Crippen LogP contribution is -2.10. The number of anilines is 2. The van der Waals surface area contributed by atoms with E-state index in [2.05, 4.69) is 10.3 Å². The average molecular weight is 289 g/mol. The number of hydrogen-bond acceptors (Lipinski definition) is 6. The summed E-state index contributed by atoms with van der Waals surface area (Å²) in [5.74, 6) is 0.479. The molecule has 0 saturated carbocycles. The molecule has 102 valence electrons. The van der Waals surface area contributed by atoms with Gasteiger partial charge in [-0.2, -0.15) is 0 Å². The summed E-state index contributed by atoms with van der Waals surface area (Å²) in [6.07, 6.45) is 1.45. The highest BCUT2D eigenvalue weighted by atomic mass is 32.1. The maximum absolute atomic E-state index is 11.9. The predicted octanol–water partition coefficient (Wildman–Crippen LogP) is 2.73. The van der Waals surface area contributed by atoms with Crippen molar-refractivity contribution in [3.8, 4) is 5.75 Å². The molecule has 0 unspecified atom stereocenters. The van der Waals surface area contributed by atoms with Gasteiger partial charge in [0.25, 0.3) is 5.91 Å². The van der Waals surface area contributed by atoms with Gasteiger partial charge in [0.05, 0.1) is 18.1 Å². The van der Waals surface area contributed by atoms with Gasteiger partial charge in [-0.3, -0.25) is 4.79 Å². The lowest BCUT2D eigenvalue weighted by Gasteiger charge is -2.06. The van der Waals surface area contributed by atoms with Crippen LogP contribution in [0.1, 0.15) is 10.6 Å². The molecular formula is C13H11N3O3S. The molecule has 0 spiro atoms. The highest BCUT2D eigenvalue weighted by Gasteiger charge is 2.13. The Morgan fingerprint density at radius 2 is 2.35 bits per heavy atom. The normalized spacial score (nSPS) is 10.7. The van der Waals surface area contributed by atoms with Crippen molar-refractivity contribution in [2.24, 2.45) is 0 Å². The number of fused-ring (bicyclic) bond motifs is 1. The second-order valence-electron chi connectivity index (χ2n) is 4.01. The van der Waals surface area contributed by atoms with Crippen LogP contribution >= 0.6 is 11.3 Å². The number of amides is 1. The van der Waals surface area contributed by atoms with Crippen LogP contribution in [0.4, 0.5) is 10.8 Å². The predicted molar refractivity (Wildman–Crippen MR) is 77.2 cm³/mol. The second kappa shape index (κ2) is 4.86. The first-order valence-corrected chi connectivity index (χ1v) is 6.58. The summed E-state index contributed by atoms with van der Waals surface area (Å²) < 4.78 is 11.2. The van der Waals surface area contributed by atoms with Crippen molar-refractivity contribution >= 4 is 38.3 Å².